The van der Waals surface area contributed by atoms with Crippen LogP contribution in [0.1, 0.15) is 47.5 Å². The summed E-state index contributed by atoms with van der Waals surface area (Å²) in [5.74, 6) is 0. The topological polar surface area (TPSA) is 82.3 Å². The third kappa shape index (κ3) is 6.45. The molecule has 0 saturated carbocycles. The number of alkyl carbamates (subject to hydrolysis) is 1. The lowest BCUT2D eigenvalue weighted by molar-refractivity contribution is 0.0468. The molecule has 2 N–H and O–H groups in total. The van der Waals surface area contributed by atoms with Gasteiger partial charge < -0.3 is 15.2 Å². The maximum Gasteiger partial charge on any atom is 0.407 e. The summed E-state index contributed by atoms with van der Waals surface area (Å²) in [6.45, 7) is 8.90. The van der Waals surface area contributed by atoms with Crippen LogP contribution in [0, 0.1) is 16.7 Å². The zero-order valence-corrected chi connectivity index (χ0v) is 11.9. The molecule has 0 fully saturated rings. The van der Waals surface area contributed by atoms with Gasteiger partial charge in [-0.2, -0.15) is 5.26 Å². The van der Waals surface area contributed by atoms with Crippen molar-refractivity contribution in [2.75, 3.05) is 6.61 Å². The van der Waals surface area contributed by atoms with Crippen molar-refractivity contribution < 1.29 is 14.6 Å². The van der Waals surface area contributed by atoms with E-state index in [-0.39, 0.29) is 12.6 Å². The summed E-state index contributed by atoms with van der Waals surface area (Å²) in [5.41, 5.74) is -1.27. The number of carbonyl (C=O) groups is 1. The van der Waals surface area contributed by atoms with Crippen LogP contribution in [0.3, 0.4) is 0 Å². The monoisotopic (exact) mass is 256 g/mol. The Morgan fingerprint density at radius 2 is 1.94 bits per heavy atom. The summed E-state index contributed by atoms with van der Waals surface area (Å²) < 4.78 is 5.17. The van der Waals surface area contributed by atoms with Crippen LogP contribution >= 0.6 is 0 Å². The van der Waals surface area contributed by atoms with E-state index >= 15 is 0 Å². The molecule has 0 aliphatic rings. The van der Waals surface area contributed by atoms with E-state index in [2.05, 4.69) is 11.4 Å². The fourth-order valence-corrected chi connectivity index (χ4v) is 1.44. The molecule has 1 atom stereocenters. The number of nitrogens with zero attached hydrogens (tertiary/aromatic N) is 1. The highest BCUT2D eigenvalue weighted by Crippen LogP contribution is 2.23. The molecule has 0 heterocycles. The van der Waals surface area contributed by atoms with Gasteiger partial charge in [0.2, 0.25) is 0 Å². The summed E-state index contributed by atoms with van der Waals surface area (Å²) in [7, 11) is 0. The van der Waals surface area contributed by atoms with Gasteiger partial charge in [0.05, 0.1) is 17.5 Å². The van der Waals surface area contributed by atoms with Crippen LogP contribution in [0.5, 0.6) is 0 Å². The molecule has 0 aliphatic carbocycles. The van der Waals surface area contributed by atoms with Gasteiger partial charge in [0.1, 0.15) is 5.60 Å². The van der Waals surface area contributed by atoms with E-state index < -0.39 is 17.1 Å². The van der Waals surface area contributed by atoms with Gasteiger partial charge in [-0.3, -0.25) is 0 Å². The Labute approximate surface area is 109 Å². The van der Waals surface area contributed by atoms with Gasteiger partial charge in [-0.1, -0.05) is 0 Å². The second-order valence-corrected chi connectivity index (χ2v) is 5.90. The van der Waals surface area contributed by atoms with E-state index in [9.17, 15) is 4.79 Å². The van der Waals surface area contributed by atoms with E-state index in [4.69, 9.17) is 15.1 Å². The fraction of sp³-hybridized carbons (Fsp3) is 0.846. The lowest BCUT2D eigenvalue weighted by Gasteiger charge is -2.30. The first kappa shape index (κ1) is 16.7. The Morgan fingerprint density at radius 3 is 2.33 bits per heavy atom. The predicted octanol–water partition coefficient (Wildman–Crippen LogP) is 2.20. The van der Waals surface area contributed by atoms with E-state index in [1.165, 1.54) is 0 Å². The minimum atomic E-state index is -0.702. The van der Waals surface area contributed by atoms with Gasteiger partial charge in [-0.15, -0.1) is 0 Å². The number of amides is 1. The number of aliphatic hydroxyl groups is 1. The Morgan fingerprint density at radius 1 is 1.39 bits per heavy atom. The fourth-order valence-electron chi connectivity index (χ4n) is 1.44. The van der Waals surface area contributed by atoms with Crippen LogP contribution in [-0.4, -0.2) is 29.4 Å². The van der Waals surface area contributed by atoms with Crippen molar-refractivity contribution in [3.8, 4) is 6.07 Å². The van der Waals surface area contributed by atoms with Crippen LogP contribution in [0.15, 0.2) is 0 Å². The van der Waals surface area contributed by atoms with Crippen LogP contribution in [0.4, 0.5) is 4.79 Å². The third-order valence-corrected chi connectivity index (χ3v) is 2.50. The molecule has 5 heteroatoms. The molecule has 0 aromatic carbocycles. The second-order valence-electron chi connectivity index (χ2n) is 5.90. The molecule has 18 heavy (non-hydrogen) atoms. The number of nitriles is 1. The zero-order valence-electron chi connectivity index (χ0n) is 11.9. The van der Waals surface area contributed by atoms with Crippen molar-refractivity contribution >= 4 is 6.09 Å². The molecule has 0 spiro atoms. The first-order valence-electron chi connectivity index (χ1n) is 6.14. The summed E-state index contributed by atoms with van der Waals surface area (Å²) in [6.07, 6.45) is 0.538. The molecule has 0 bridgehead atoms. The SMILES string of the molecule is CC(C)(C)OC(=O)NC(CCCO)C(C)(C)C#N. The van der Waals surface area contributed by atoms with Crippen LogP contribution in [0.2, 0.25) is 0 Å². The zero-order chi connectivity index (χ0) is 14.4. The van der Waals surface area contributed by atoms with Gasteiger partial charge in [-0.25, -0.2) is 4.79 Å². The number of hydrogen-bond acceptors (Lipinski definition) is 4. The average Bonchev–Trinajstić information content (AvgIpc) is 2.21. The molecule has 104 valence electrons. The predicted molar refractivity (Wildman–Crippen MR) is 68.9 cm³/mol. The molecule has 0 aromatic heterocycles. The standard InChI is InChI=1S/C13H24N2O3/c1-12(2,3)18-11(17)15-10(7-6-8-16)13(4,5)9-14/h10,16H,6-8H2,1-5H3,(H,15,17). The molecule has 0 aromatic rings. The Balaban J connectivity index is 4.61. The minimum Gasteiger partial charge on any atom is -0.444 e. The van der Waals surface area contributed by atoms with Crippen molar-refractivity contribution in [2.24, 2.45) is 5.41 Å². The minimum absolute atomic E-state index is 0.0357. The van der Waals surface area contributed by atoms with Crippen molar-refractivity contribution in [3.63, 3.8) is 0 Å². The molecule has 5 nitrogen and oxygen atoms in total. The van der Waals surface area contributed by atoms with E-state index in [1.54, 1.807) is 34.6 Å². The highest BCUT2D eigenvalue weighted by atomic mass is 16.6. The molecule has 0 saturated heterocycles. The molecule has 0 rings (SSSR count). The van der Waals surface area contributed by atoms with Gasteiger partial charge in [0.25, 0.3) is 0 Å². The van der Waals surface area contributed by atoms with Gasteiger partial charge in [0, 0.05) is 6.61 Å². The van der Waals surface area contributed by atoms with Crippen LogP contribution in [-0.2, 0) is 4.74 Å². The van der Waals surface area contributed by atoms with Crippen molar-refractivity contribution in [1.29, 1.82) is 5.26 Å². The van der Waals surface area contributed by atoms with Gasteiger partial charge in [0.15, 0.2) is 0 Å². The maximum atomic E-state index is 11.7. The third-order valence-electron chi connectivity index (χ3n) is 2.50. The first-order valence-corrected chi connectivity index (χ1v) is 6.14. The molecular formula is C13H24N2O3. The largest absolute Gasteiger partial charge is 0.444 e. The van der Waals surface area contributed by atoms with E-state index in [0.717, 1.165) is 0 Å². The summed E-state index contributed by atoms with van der Waals surface area (Å²) in [6, 6.07) is 1.82. The highest BCUT2D eigenvalue weighted by Gasteiger charge is 2.31. The molecule has 1 unspecified atom stereocenters. The summed E-state index contributed by atoms with van der Waals surface area (Å²) in [4.78, 5) is 11.7. The molecule has 0 aliphatic heterocycles. The summed E-state index contributed by atoms with van der Waals surface area (Å²) in [5, 5.41) is 20.7. The Hall–Kier alpha value is -1.28. The number of ether oxygens (including phenoxy) is 1. The number of rotatable bonds is 5. The lowest BCUT2D eigenvalue weighted by atomic mass is 9.83. The smallest absolute Gasteiger partial charge is 0.407 e. The van der Waals surface area contributed by atoms with Crippen molar-refractivity contribution in [2.45, 2.75) is 59.1 Å². The van der Waals surface area contributed by atoms with Gasteiger partial charge in [-0.05, 0) is 47.5 Å². The summed E-state index contributed by atoms with van der Waals surface area (Å²) >= 11 is 0. The molecule has 0 radical (unpaired) electrons. The van der Waals surface area contributed by atoms with Crippen molar-refractivity contribution in [1.82, 2.24) is 5.32 Å². The Bertz CT molecular complexity index is 313. The second kappa shape index (κ2) is 6.60. The molecule has 1 amide bonds. The van der Waals surface area contributed by atoms with E-state index in [0.29, 0.717) is 12.8 Å². The van der Waals surface area contributed by atoms with E-state index in [1.807, 2.05) is 0 Å². The van der Waals surface area contributed by atoms with Crippen LogP contribution < -0.4 is 5.32 Å². The van der Waals surface area contributed by atoms with Gasteiger partial charge >= 0.3 is 6.09 Å². The number of nitrogens with one attached hydrogen (secondary N) is 1. The number of hydrogen-bond donors (Lipinski definition) is 2. The number of carbonyl (C=O) groups excluding carboxylic acids is 1. The number of aliphatic hydroxyl groups excluding tert-OH is 1. The highest BCUT2D eigenvalue weighted by molar-refractivity contribution is 5.68. The first-order chi connectivity index (χ1) is 8.12. The van der Waals surface area contributed by atoms with Crippen molar-refractivity contribution in [3.05, 3.63) is 0 Å². The maximum absolute atomic E-state index is 11.7. The van der Waals surface area contributed by atoms with Crippen LogP contribution in [0.25, 0.3) is 0 Å². The Kier molecular flexibility index (Phi) is 6.13. The average molecular weight is 256 g/mol. The molecular weight excluding hydrogens is 232 g/mol. The quantitative estimate of drug-likeness (QED) is 0.790. The normalized spacial score (nSPS) is 13.6. The lowest BCUT2D eigenvalue weighted by Crippen LogP contribution is -2.46.